The van der Waals surface area contributed by atoms with Crippen molar-refractivity contribution in [3.63, 3.8) is 0 Å². The third kappa shape index (κ3) is 4.58. The predicted octanol–water partition coefficient (Wildman–Crippen LogP) is 4.85. The molecule has 2 heterocycles. The first-order valence-corrected chi connectivity index (χ1v) is 11.2. The van der Waals surface area contributed by atoms with E-state index in [0.717, 1.165) is 36.0 Å². The summed E-state index contributed by atoms with van der Waals surface area (Å²) in [5.41, 5.74) is 3.09. The normalized spacial score (nSPS) is 16.1. The fourth-order valence-corrected chi connectivity index (χ4v) is 4.12. The Morgan fingerprint density at radius 2 is 2.00 bits per heavy atom. The maximum Gasteiger partial charge on any atom is 0.258 e. The van der Waals surface area contributed by atoms with Gasteiger partial charge in [-0.15, -0.1) is 0 Å². The average molecular weight is 455 g/mol. The van der Waals surface area contributed by atoms with E-state index in [1.165, 1.54) is 0 Å². The molecule has 0 radical (unpaired) electrons. The number of ether oxygens (including phenoxy) is 2. The number of benzene rings is 2. The third-order valence-electron chi connectivity index (χ3n) is 5.63. The standard InChI is InChI=1S/C24H27ClN4O3/c1-4-32-24-22(26-18-9-5-6-10-19(18)28-24)29-11-7-8-16(14-29)23(30)27-20-12-15(2)17(25)13-21(20)31-3/h5-6,9-10,12-13,16H,4,7-8,11,14H2,1-3H3,(H,27,30). The van der Waals surface area contributed by atoms with Gasteiger partial charge in [0.2, 0.25) is 5.91 Å². The number of fused-ring (bicyclic) bond motifs is 1. The Bertz CT molecular complexity index is 1140. The van der Waals surface area contributed by atoms with Gasteiger partial charge in [-0.2, -0.15) is 0 Å². The van der Waals surface area contributed by atoms with E-state index >= 15 is 0 Å². The molecule has 1 aromatic heterocycles. The molecule has 1 atom stereocenters. The number of nitrogens with zero attached hydrogens (tertiary/aromatic N) is 3. The minimum Gasteiger partial charge on any atom is -0.495 e. The molecule has 3 aromatic rings. The zero-order chi connectivity index (χ0) is 22.7. The number of para-hydroxylation sites is 2. The number of aryl methyl sites for hydroxylation is 1. The van der Waals surface area contributed by atoms with Gasteiger partial charge in [-0.05, 0) is 50.5 Å². The van der Waals surface area contributed by atoms with Crippen LogP contribution < -0.4 is 19.7 Å². The highest BCUT2D eigenvalue weighted by molar-refractivity contribution is 6.31. The number of hydrogen-bond acceptors (Lipinski definition) is 6. The topological polar surface area (TPSA) is 76.6 Å². The van der Waals surface area contributed by atoms with Crippen LogP contribution in [-0.4, -0.2) is 42.7 Å². The highest BCUT2D eigenvalue weighted by Crippen LogP contribution is 2.33. The fraction of sp³-hybridized carbons (Fsp3) is 0.375. The lowest BCUT2D eigenvalue weighted by Crippen LogP contribution is -2.41. The monoisotopic (exact) mass is 454 g/mol. The number of nitrogens with one attached hydrogen (secondary N) is 1. The molecule has 0 spiro atoms. The average Bonchev–Trinajstić information content (AvgIpc) is 2.81. The first kappa shape index (κ1) is 22.1. The molecule has 32 heavy (non-hydrogen) atoms. The second-order valence-corrected chi connectivity index (χ2v) is 8.26. The van der Waals surface area contributed by atoms with Crippen molar-refractivity contribution in [3.05, 3.63) is 47.0 Å². The van der Waals surface area contributed by atoms with E-state index in [9.17, 15) is 4.79 Å². The summed E-state index contributed by atoms with van der Waals surface area (Å²) in [6, 6.07) is 11.3. The lowest BCUT2D eigenvalue weighted by Gasteiger charge is -2.33. The molecule has 1 saturated heterocycles. The molecule has 8 heteroatoms. The maximum atomic E-state index is 13.1. The molecule has 168 valence electrons. The molecular weight excluding hydrogens is 428 g/mol. The summed E-state index contributed by atoms with van der Waals surface area (Å²) in [4.78, 5) is 24.7. The van der Waals surface area contributed by atoms with E-state index in [-0.39, 0.29) is 11.8 Å². The lowest BCUT2D eigenvalue weighted by atomic mass is 9.97. The van der Waals surface area contributed by atoms with Gasteiger partial charge in [0, 0.05) is 24.2 Å². The van der Waals surface area contributed by atoms with Crippen LogP contribution in [0.2, 0.25) is 5.02 Å². The van der Waals surface area contributed by atoms with Crippen molar-refractivity contribution in [2.45, 2.75) is 26.7 Å². The Hall–Kier alpha value is -3.06. The summed E-state index contributed by atoms with van der Waals surface area (Å²) in [5, 5.41) is 3.62. The highest BCUT2D eigenvalue weighted by atomic mass is 35.5. The molecule has 0 bridgehead atoms. The Balaban J connectivity index is 1.57. The van der Waals surface area contributed by atoms with Crippen LogP contribution >= 0.6 is 11.6 Å². The van der Waals surface area contributed by atoms with Crippen molar-refractivity contribution in [2.24, 2.45) is 5.92 Å². The minimum absolute atomic E-state index is 0.0542. The van der Waals surface area contributed by atoms with E-state index in [0.29, 0.717) is 41.3 Å². The lowest BCUT2D eigenvalue weighted by molar-refractivity contribution is -0.120. The van der Waals surface area contributed by atoms with E-state index in [4.69, 9.17) is 26.1 Å². The molecule has 4 rings (SSSR count). The van der Waals surface area contributed by atoms with Crippen molar-refractivity contribution in [1.82, 2.24) is 9.97 Å². The van der Waals surface area contributed by atoms with Crippen LogP contribution in [0.4, 0.5) is 11.5 Å². The molecule has 7 nitrogen and oxygen atoms in total. The molecular formula is C24H27ClN4O3. The zero-order valence-corrected chi connectivity index (χ0v) is 19.3. The quantitative estimate of drug-likeness (QED) is 0.573. The largest absolute Gasteiger partial charge is 0.495 e. The van der Waals surface area contributed by atoms with Crippen molar-refractivity contribution >= 4 is 40.0 Å². The van der Waals surface area contributed by atoms with Crippen LogP contribution in [0, 0.1) is 12.8 Å². The maximum absolute atomic E-state index is 13.1. The van der Waals surface area contributed by atoms with Crippen LogP contribution in [0.3, 0.4) is 0 Å². The first-order valence-electron chi connectivity index (χ1n) is 10.8. The number of rotatable bonds is 6. The number of carbonyl (C=O) groups is 1. The molecule has 0 aliphatic carbocycles. The first-order chi connectivity index (χ1) is 15.5. The number of hydrogen-bond donors (Lipinski definition) is 1. The number of amides is 1. The molecule has 0 saturated carbocycles. The number of anilines is 2. The van der Waals surface area contributed by atoms with E-state index in [1.54, 1.807) is 13.2 Å². The number of aromatic nitrogens is 2. The van der Waals surface area contributed by atoms with Crippen molar-refractivity contribution < 1.29 is 14.3 Å². The van der Waals surface area contributed by atoms with Crippen molar-refractivity contribution in [2.75, 3.05) is 37.0 Å². The van der Waals surface area contributed by atoms with Gasteiger partial charge < -0.3 is 19.7 Å². The third-order valence-corrected chi connectivity index (χ3v) is 6.04. The SMILES string of the molecule is CCOc1nc2ccccc2nc1N1CCCC(C(=O)Nc2cc(C)c(Cl)cc2OC)C1. The van der Waals surface area contributed by atoms with Crippen LogP contribution in [0.25, 0.3) is 11.0 Å². The molecule has 1 amide bonds. The Morgan fingerprint density at radius 3 is 2.72 bits per heavy atom. The van der Waals surface area contributed by atoms with Crippen LogP contribution in [0.15, 0.2) is 36.4 Å². The van der Waals surface area contributed by atoms with E-state index in [1.807, 2.05) is 44.2 Å². The van der Waals surface area contributed by atoms with E-state index in [2.05, 4.69) is 15.2 Å². The van der Waals surface area contributed by atoms with Crippen LogP contribution in [-0.2, 0) is 4.79 Å². The molecule has 2 aromatic carbocycles. The Labute approximate surface area is 192 Å². The minimum atomic E-state index is -0.202. The van der Waals surface area contributed by atoms with Crippen LogP contribution in [0.5, 0.6) is 11.6 Å². The fourth-order valence-electron chi connectivity index (χ4n) is 3.96. The Kier molecular flexibility index (Phi) is 6.65. The number of halogens is 1. The van der Waals surface area contributed by atoms with Crippen molar-refractivity contribution in [1.29, 1.82) is 0 Å². The summed E-state index contributed by atoms with van der Waals surface area (Å²) >= 11 is 6.19. The van der Waals surface area contributed by atoms with Crippen LogP contribution in [0.1, 0.15) is 25.3 Å². The second-order valence-electron chi connectivity index (χ2n) is 7.85. The summed E-state index contributed by atoms with van der Waals surface area (Å²) < 4.78 is 11.2. The number of carbonyl (C=O) groups excluding carboxylic acids is 1. The predicted molar refractivity (Wildman–Crippen MR) is 127 cm³/mol. The van der Waals surface area contributed by atoms with Gasteiger partial charge in [0.25, 0.3) is 5.88 Å². The summed E-state index contributed by atoms with van der Waals surface area (Å²) in [5.74, 6) is 1.47. The molecule has 1 aliphatic rings. The second kappa shape index (κ2) is 9.61. The number of piperidine rings is 1. The highest BCUT2D eigenvalue weighted by Gasteiger charge is 2.29. The summed E-state index contributed by atoms with van der Waals surface area (Å²) in [6.45, 7) is 5.64. The van der Waals surface area contributed by atoms with Gasteiger partial charge in [0.05, 0.1) is 36.4 Å². The van der Waals surface area contributed by atoms with Gasteiger partial charge in [-0.25, -0.2) is 9.97 Å². The van der Waals surface area contributed by atoms with Crippen molar-refractivity contribution in [3.8, 4) is 11.6 Å². The smallest absolute Gasteiger partial charge is 0.258 e. The van der Waals surface area contributed by atoms with Gasteiger partial charge in [-0.3, -0.25) is 4.79 Å². The summed E-state index contributed by atoms with van der Waals surface area (Å²) in [6.07, 6.45) is 1.66. The molecule has 1 unspecified atom stereocenters. The van der Waals surface area contributed by atoms with Gasteiger partial charge in [-0.1, -0.05) is 23.7 Å². The molecule has 1 N–H and O–H groups in total. The van der Waals surface area contributed by atoms with Gasteiger partial charge in [0.15, 0.2) is 5.82 Å². The Morgan fingerprint density at radius 1 is 1.25 bits per heavy atom. The zero-order valence-electron chi connectivity index (χ0n) is 18.5. The molecule has 1 fully saturated rings. The van der Waals surface area contributed by atoms with Gasteiger partial charge >= 0.3 is 0 Å². The van der Waals surface area contributed by atoms with Gasteiger partial charge in [0.1, 0.15) is 5.75 Å². The number of methoxy groups -OCH3 is 1. The molecule has 1 aliphatic heterocycles. The summed E-state index contributed by atoms with van der Waals surface area (Å²) in [7, 11) is 1.56. The van der Waals surface area contributed by atoms with E-state index < -0.39 is 0 Å².